The molecule has 4 heteroatoms. The predicted molar refractivity (Wildman–Crippen MR) is 92.9 cm³/mol. The number of carbonyl (C=O) groups is 1. The summed E-state index contributed by atoms with van der Waals surface area (Å²) >= 11 is 0. The van der Waals surface area contributed by atoms with E-state index in [-0.39, 0.29) is 11.7 Å². The van der Waals surface area contributed by atoms with Gasteiger partial charge in [0.05, 0.1) is 0 Å². The van der Waals surface area contributed by atoms with Crippen LogP contribution < -0.4 is 10.6 Å². The first-order valence-corrected chi connectivity index (χ1v) is 7.97. The molecule has 0 aromatic heterocycles. The van der Waals surface area contributed by atoms with Gasteiger partial charge in [0.15, 0.2) is 0 Å². The lowest BCUT2D eigenvalue weighted by molar-refractivity contribution is -0.118. The molecule has 0 aliphatic carbocycles. The number of carbonyl (C=O) groups excluding carboxylic acids is 1. The van der Waals surface area contributed by atoms with E-state index >= 15 is 0 Å². The highest BCUT2D eigenvalue weighted by Crippen LogP contribution is 2.27. The standard InChI is InChI=1S/C19H21N3O/c20-19(21)16-10-7-14(8-11-16)9-12-18(23)22-13-3-5-15-4-1-2-6-17(15)22/h1-2,4,6-8,10-11H,3,5,9,12-13H2,(H3,20,21). The number of amidine groups is 1. The van der Waals surface area contributed by atoms with Crippen molar-refractivity contribution in [1.82, 2.24) is 0 Å². The minimum Gasteiger partial charge on any atom is -0.384 e. The van der Waals surface area contributed by atoms with Crippen LogP contribution in [0.15, 0.2) is 48.5 Å². The average Bonchev–Trinajstić information content (AvgIpc) is 2.59. The quantitative estimate of drug-likeness (QED) is 0.673. The van der Waals surface area contributed by atoms with Gasteiger partial charge >= 0.3 is 0 Å². The van der Waals surface area contributed by atoms with Crippen LogP contribution in [-0.2, 0) is 17.6 Å². The fourth-order valence-corrected chi connectivity index (χ4v) is 3.03. The van der Waals surface area contributed by atoms with Gasteiger partial charge in [-0.15, -0.1) is 0 Å². The fraction of sp³-hybridized carbons (Fsp3) is 0.263. The zero-order valence-electron chi connectivity index (χ0n) is 13.1. The number of amides is 1. The molecule has 4 nitrogen and oxygen atoms in total. The molecule has 0 saturated heterocycles. The molecule has 1 aliphatic heterocycles. The lowest BCUT2D eigenvalue weighted by Gasteiger charge is -2.29. The highest BCUT2D eigenvalue weighted by molar-refractivity contribution is 5.95. The number of aryl methyl sites for hydroxylation is 2. The molecule has 3 rings (SSSR count). The van der Waals surface area contributed by atoms with Crippen LogP contribution in [0.3, 0.4) is 0 Å². The number of nitrogens with two attached hydrogens (primary N) is 1. The Bertz CT molecular complexity index is 722. The summed E-state index contributed by atoms with van der Waals surface area (Å²) in [6.07, 6.45) is 3.27. The number of anilines is 1. The Morgan fingerprint density at radius 2 is 1.87 bits per heavy atom. The number of rotatable bonds is 4. The van der Waals surface area contributed by atoms with Crippen molar-refractivity contribution in [3.05, 3.63) is 65.2 Å². The second-order valence-electron chi connectivity index (χ2n) is 5.89. The smallest absolute Gasteiger partial charge is 0.227 e. The zero-order chi connectivity index (χ0) is 16.2. The summed E-state index contributed by atoms with van der Waals surface area (Å²) in [5.74, 6) is 0.241. The Kier molecular flexibility index (Phi) is 4.42. The molecule has 0 saturated carbocycles. The van der Waals surface area contributed by atoms with Crippen LogP contribution in [0.2, 0.25) is 0 Å². The molecule has 118 valence electrons. The second-order valence-corrected chi connectivity index (χ2v) is 5.89. The van der Waals surface area contributed by atoms with Gasteiger partial charge in [-0.3, -0.25) is 10.2 Å². The van der Waals surface area contributed by atoms with Crippen LogP contribution in [-0.4, -0.2) is 18.3 Å². The van der Waals surface area contributed by atoms with E-state index in [9.17, 15) is 4.79 Å². The van der Waals surface area contributed by atoms with Crippen LogP contribution >= 0.6 is 0 Å². The van der Waals surface area contributed by atoms with Crippen LogP contribution in [0.4, 0.5) is 5.69 Å². The molecule has 1 amide bonds. The van der Waals surface area contributed by atoms with E-state index in [1.54, 1.807) is 0 Å². The molecule has 1 aliphatic rings. The summed E-state index contributed by atoms with van der Waals surface area (Å²) in [4.78, 5) is 14.5. The molecular formula is C19H21N3O. The lowest BCUT2D eigenvalue weighted by Crippen LogP contribution is -2.35. The van der Waals surface area contributed by atoms with E-state index in [2.05, 4.69) is 6.07 Å². The van der Waals surface area contributed by atoms with Crippen LogP contribution in [0.1, 0.15) is 29.5 Å². The predicted octanol–water partition coefficient (Wildman–Crippen LogP) is 2.88. The van der Waals surface area contributed by atoms with Gasteiger partial charge in [0.25, 0.3) is 0 Å². The van der Waals surface area contributed by atoms with Crippen LogP contribution in [0.5, 0.6) is 0 Å². The largest absolute Gasteiger partial charge is 0.384 e. The van der Waals surface area contributed by atoms with Crippen molar-refractivity contribution in [2.24, 2.45) is 5.73 Å². The van der Waals surface area contributed by atoms with Gasteiger partial charge in [-0.25, -0.2) is 0 Å². The average molecular weight is 307 g/mol. The fourth-order valence-electron chi connectivity index (χ4n) is 3.03. The van der Waals surface area contributed by atoms with Gasteiger partial charge in [0.1, 0.15) is 5.84 Å². The molecule has 0 bridgehead atoms. The number of benzene rings is 2. The molecule has 0 unspecified atom stereocenters. The lowest BCUT2D eigenvalue weighted by atomic mass is 10.0. The first-order valence-electron chi connectivity index (χ1n) is 7.97. The summed E-state index contributed by atoms with van der Waals surface area (Å²) in [6.45, 7) is 0.805. The van der Waals surface area contributed by atoms with Gasteiger partial charge in [-0.1, -0.05) is 42.5 Å². The highest BCUT2D eigenvalue weighted by Gasteiger charge is 2.21. The van der Waals surface area contributed by atoms with Crippen molar-refractivity contribution in [3.8, 4) is 0 Å². The number of nitrogen functional groups attached to an aromatic ring is 1. The van der Waals surface area contributed by atoms with Crippen molar-refractivity contribution in [2.75, 3.05) is 11.4 Å². The molecule has 0 atom stereocenters. The third kappa shape index (κ3) is 3.42. The topological polar surface area (TPSA) is 70.2 Å². The first kappa shape index (κ1) is 15.3. The summed E-state index contributed by atoms with van der Waals surface area (Å²) in [5, 5.41) is 7.40. The summed E-state index contributed by atoms with van der Waals surface area (Å²) in [5.41, 5.74) is 9.58. The molecule has 1 heterocycles. The van der Waals surface area contributed by atoms with Gasteiger partial charge in [-0.05, 0) is 36.5 Å². The number of hydrogen-bond acceptors (Lipinski definition) is 2. The highest BCUT2D eigenvalue weighted by atomic mass is 16.2. The van der Waals surface area contributed by atoms with Crippen LogP contribution in [0, 0.1) is 5.41 Å². The van der Waals surface area contributed by atoms with E-state index in [0.717, 1.165) is 30.6 Å². The van der Waals surface area contributed by atoms with E-state index in [0.29, 0.717) is 18.4 Å². The maximum Gasteiger partial charge on any atom is 0.227 e. The molecule has 3 N–H and O–H groups in total. The SMILES string of the molecule is N=C(N)c1ccc(CCC(=O)N2CCCc3ccccc32)cc1. The maximum absolute atomic E-state index is 12.6. The van der Waals surface area contributed by atoms with Gasteiger partial charge in [0, 0.05) is 24.2 Å². The number of hydrogen-bond donors (Lipinski definition) is 2. The van der Waals surface area contributed by atoms with E-state index in [1.807, 2.05) is 47.4 Å². The minimum absolute atomic E-state index is 0.0672. The molecule has 0 radical (unpaired) electrons. The Hall–Kier alpha value is -2.62. The van der Waals surface area contributed by atoms with E-state index in [1.165, 1.54) is 5.56 Å². The van der Waals surface area contributed by atoms with Crippen molar-refractivity contribution in [3.63, 3.8) is 0 Å². The molecular weight excluding hydrogens is 286 g/mol. The number of para-hydroxylation sites is 1. The Labute approximate surface area is 136 Å². The summed E-state index contributed by atoms with van der Waals surface area (Å²) in [6, 6.07) is 15.7. The summed E-state index contributed by atoms with van der Waals surface area (Å²) in [7, 11) is 0. The first-order chi connectivity index (χ1) is 11.1. The van der Waals surface area contributed by atoms with Crippen molar-refractivity contribution >= 4 is 17.4 Å². The third-order valence-electron chi connectivity index (χ3n) is 4.30. The molecule has 2 aromatic rings. The monoisotopic (exact) mass is 307 g/mol. The number of nitrogens with one attached hydrogen (secondary N) is 1. The van der Waals surface area contributed by atoms with E-state index in [4.69, 9.17) is 11.1 Å². The van der Waals surface area contributed by atoms with Crippen molar-refractivity contribution in [2.45, 2.75) is 25.7 Å². The van der Waals surface area contributed by atoms with Crippen LogP contribution in [0.25, 0.3) is 0 Å². The molecule has 0 spiro atoms. The molecule has 23 heavy (non-hydrogen) atoms. The zero-order valence-corrected chi connectivity index (χ0v) is 13.1. The van der Waals surface area contributed by atoms with Gasteiger partial charge in [0.2, 0.25) is 5.91 Å². The summed E-state index contributed by atoms with van der Waals surface area (Å²) < 4.78 is 0. The maximum atomic E-state index is 12.6. The molecule has 0 fully saturated rings. The third-order valence-corrected chi connectivity index (χ3v) is 4.30. The van der Waals surface area contributed by atoms with Gasteiger partial charge < -0.3 is 10.6 Å². The van der Waals surface area contributed by atoms with Crippen molar-refractivity contribution in [1.29, 1.82) is 5.41 Å². The van der Waals surface area contributed by atoms with Gasteiger partial charge in [-0.2, -0.15) is 0 Å². The van der Waals surface area contributed by atoms with Crippen molar-refractivity contribution < 1.29 is 4.79 Å². The van der Waals surface area contributed by atoms with E-state index < -0.39 is 0 Å². The second kappa shape index (κ2) is 6.65. The Morgan fingerprint density at radius 1 is 1.13 bits per heavy atom. The number of nitrogens with zero attached hydrogens (tertiary/aromatic N) is 1. The normalized spacial score (nSPS) is 13.5. The Morgan fingerprint density at radius 3 is 2.61 bits per heavy atom. The number of fused-ring (bicyclic) bond motifs is 1. The Balaban J connectivity index is 1.65. The minimum atomic E-state index is 0.0672. The molecule has 2 aromatic carbocycles.